The van der Waals surface area contributed by atoms with E-state index in [1.807, 2.05) is 31.2 Å². The Morgan fingerprint density at radius 3 is 2.86 bits per heavy atom. The third-order valence-corrected chi connectivity index (χ3v) is 3.96. The summed E-state index contributed by atoms with van der Waals surface area (Å²) in [6.45, 7) is 2.14. The molecule has 0 fully saturated rings. The van der Waals surface area contributed by atoms with Gasteiger partial charge in [-0.2, -0.15) is 0 Å². The van der Waals surface area contributed by atoms with E-state index >= 15 is 0 Å². The van der Waals surface area contributed by atoms with Gasteiger partial charge >= 0.3 is 4.87 Å². The Morgan fingerprint density at radius 2 is 2.14 bits per heavy atom. The molecule has 0 N–H and O–H groups in total. The molecular weight excluding hydrogens is 290 g/mol. The van der Waals surface area contributed by atoms with Crippen molar-refractivity contribution in [1.29, 1.82) is 0 Å². The van der Waals surface area contributed by atoms with Crippen LogP contribution in [-0.2, 0) is 6.54 Å². The predicted octanol–water partition coefficient (Wildman–Crippen LogP) is 2.33. The molecule has 0 radical (unpaired) electrons. The molecule has 0 aliphatic rings. The normalized spacial score (nSPS) is 10.8. The van der Waals surface area contributed by atoms with Gasteiger partial charge in [-0.3, -0.25) is 9.36 Å². The van der Waals surface area contributed by atoms with Crippen LogP contribution in [0.5, 0.6) is 5.75 Å². The number of hydrogen-bond donors (Lipinski definition) is 0. The van der Waals surface area contributed by atoms with Gasteiger partial charge in [-0.1, -0.05) is 23.5 Å². The van der Waals surface area contributed by atoms with Crippen LogP contribution in [0.3, 0.4) is 0 Å². The summed E-state index contributed by atoms with van der Waals surface area (Å²) in [4.78, 5) is 11.7. The fourth-order valence-corrected chi connectivity index (χ4v) is 2.71. The molecule has 0 unspecified atom stereocenters. The summed E-state index contributed by atoms with van der Waals surface area (Å²) in [7, 11) is 1.59. The molecule has 0 saturated heterocycles. The first-order valence-electron chi connectivity index (χ1n) is 6.29. The summed E-state index contributed by atoms with van der Waals surface area (Å²) in [6.07, 6.45) is 0. The van der Waals surface area contributed by atoms with Crippen molar-refractivity contribution in [2.24, 2.45) is 0 Å². The zero-order valence-corrected chi connectivity index (χ0v) is 12.4. The minimum Gasteiger partial charge on any atom is -0.496 e. The Bertz CT molecular complexity index is 819. The first-order chi connectivity index (χ1) is 10.2. The number of aromatic nitrogens is 3. The molecule has 0 saturated carbocycles. The summed E-state index contributed by atoms with van der Waals surface area (Å²) in [5, 5.41) is 9.83. The van der Waals surface area contributed by atoms with Gasteiger partial charge in [0.25, 0.3) is 5.89 Å². The maximum Gasteiger partial charge on any atom is 0.307 e. The topological polar surface area (TPSA) is 70.2 Å². The molecule has 0 amide bonds. The number of benzene rings is 1. The predicted molar refractivity (Wildman–Crippen MR) is 78.7 cm³/mol. The molecule has 108 valence electrons. The lowest BCUT2D eigenvalue weighted by Crippen LogP contribution is -2.15. The van der Waals surface area contributed by atoms with Crippen molar-refractivity contribution in [3.8, 4) is 17.2 Å². The third-order valence-electron chi connectivity index (χ3n) is 3.07. The average molecular weight is 303 g/mol. The second kappa shape index (κ2) is 5.53. The standard InChI is InChI=1S/C14H13N3O3S/c1-9-8-21-14(18)17(9)7-12-15-16-13(20-12)10-5-3-4-6-11(10)19-2/h3-6,8H,7H2,1-2H3. The summed E-state index contributed by atoms with van der Waals surface area (Å²) >= 11 is 1.16. The second-order valence-corrected chi connectivity index (χ2v) is 5.25. The molecule has 3 rings (SSSR count). The zero-order valence-electron chi connectivity index (χ0n) is 11.6. The van der Waals surface area contributed by atoms with Gasteiger partial charge in [0.2, 0.25) is 5.89 Å². The van der Waals surface area contributed by atoms with Crippen molar-refractivity contribution in [3.05, 3.63) is 50.9 Å². The molecule has 6 nitrogen and oxygen atoms in total. The molecule has 3 aromatic rings. The Balaban J connectivity index is 1.92. The summed E-state index contributed by atoms with van der Waals surface area (Å²) < 4.78 is 12.5. The van der Waals surface area contributed by atoms with Crippen LogP contribution in [0.4, 0.5) is 0 Å². The smallest absolute Gasteiger partial charge is 0.307 e. The Kier molecular flexibility index (Phi) is 3.57. The highest BCUT2D eigenvalue weighted by molar-refractivity contribution is 7.07. The first kappa shape index (κ1) is 13.6. The van der Waals surface area contributed by atoms with Crippen LogP contribution in [0.25, 0.3) is 11.5 Å². The molecule has 21 heavy (non-hydrogen) atoms. The highest BCUT2D eigenvalue weighted by atomic mass is 32.1. The molecule has 2 aromatic heterocycles. The van der Waals surface area contributed by atoms with Crippen molar-refractivity contribution in [2.45, 2.75) is 13.5 Å². The number of para-hydroxylation sites is 1. The molecule has 0 bridgehead atoms. The van der Waals surface area contributed by atoms with Gasteiger partial charge in [0.1, 0.15) is 12.3 Å². The van der Waals surface area contributed by atoms with E-state index in [1.54, 1.807) is 17.1 Å². The van der Waals surface area contributed by atoms with E-state index < -0.39 is 0 Å². The number of ether oxygens (including phenoxy) is 1. The maximum atomic E-state index is 11.7. The fourth-order valence-electron chi connectivity index (χ4n) is 1.98. The van der Waals surface area contributed by atoms with E-state index in [2.05, 4.69) is 10.2 Å². The number of rotatable bonds is 4. The van der Waals surface area contributed by atoms with E-state index in [1.165, 1.54) is 0 Å². The average Bonchev–Trinajstić information content (AvgIpc) is 3.09. The van der Waals surface area contributed by atoms with Gasteiger partial charge in [0.05, 0.1) is 12.7 Å². The van der Waals surface area contributed by atoms with Crippen molar-refractivity contribution in [1.82, 2.24) is 14.8 Å². The summed E-state index contributed by atoms with van der Waals surface area (Å²) in [5.41, 5.74) is 1.61. The van der Waals surface area contributed by atoms with Crippen LogP contribution in [0, 0.1) is 6.92 Å². The van der Waals surface area contributed by atoms with Gasteiger partial charge in [0.15, 0.2) is 0 Å². The van der Waals surface area contributed by atoms with E-state index in [4.69, 9.17) is 9.15 Å². The van der Waals surface area contributed by atoms with Crippen molar-refractivity contribution < 1.29 is 9.15 Å². The van der Waals surface area contributed by atoms with Gasteiger partial charge in [-0.25, -0.2) is 0 Å². The van der Waals surface area contributed by atoms with Crippen LogP contribution >= 0.6 is 11.3 Å². The van der Waals surface area contributed by atoms with Crippen LogP contribution < -0.4 is 9.61 Å². The highest BCUT2D eigenvalue weighted by Gasteiger charge is 2.14. The Labute approximate surface area is 124 Å². The van der Waals surface area contributed by atoms with Crippen LogP contribution in [0.2, 0.25) is 0 Å². The van der Waals surface area contributed by atoms with E-state index in [0.29, 0.717) is 17.5 Å². The van der Waals surface area contributed by atoms with Crippen LogP contribution in [0.15, 0.2) is 38.9 Å². The van der Waals surface area contributed by atoms with E-state index in [9.17, 15) is 4.79 Å². The van der Waals surface area contributed by atoms with Crippen molar-refractivity contribution in [2.75, 3.05) is 7.11 Å². The maximum absolute atomic E-state index is 11.7. The second-order valence-electron chi connectivity index (χ2n) is 4.43. The number of thiazole rings is 1. The van der Waals surface area contributed by atoms with Crippen molar-refractivity contribution >= 4 is 11.3 Å². The Hall–Kier alpha value is -2.41. The number of methoxy groups -OCH3 is 1. The lowest BCUT2D eigenvalue weighted by Gasteiger charge is -2.03. The SMILES string of the molecule is COc1ccccc1-c1nnc(Cn2c(C)csc2=O)o1. The van der Waals surface area contributed by atoms with Crippen molar-refractivity contribution in [3.63, 3.8) is 0 Å². The zero-order chi connectivity index (χ0) is 14.8. The number of hydrogen-bond acceptors (Lipinski definition) is 6. The lowest BCUT2D eigenvalue weighted by molar-refractivity contribution is 0.413. The molecule has 7 heteroatoms. The Morgan fingerprint density at radius 1 is 1.33 bits per heavy atom. The summed E-state index contributed by atoms with van der Waals surface area (Å²) in [5.74, 6) is 1.43. The summed E-state index contributed by atoms with van der Waals surface area (Å²) in [6, 6.07) is 7.41. The van der Waals surface area contributed by atoms with Gasteiger partial charge in [-0.15, -0.1) is 10.2 Å². The molecule has 0 aliphatic carbocycles. The lowest BCUT2D eigenvalue weighted by atomic mass is 10.2. The quantitative estimate of drug-likeness (QED) is 0.740. The van der Waals surface area contributed by atoms with E-state index in [-0.39, 0.29) is 11.4 Å². The molecule has 1 aromatic carbocycles. The molecule has 0 aliphatic heterocycles. The van der Waals surface area contributed by atoms with Crippen LogP contribution in [-0.4, -0.2) is 21.9 Å². The monoisotopic (exact) mass is 303 g/mol. The van der Waals surface area contributed by atoms with Gasteiger partial charge in [-0.05, 0) is 19.1 Å². The number of nitrogens with zero attached hydrogens (tertiary/aromatic N) is 3. The number of aryl methyl sites for hydroxylation is 1. The van der Waals surface area contributed by atoms with Gasteiger partial charge in [0, 0.05) is 11.1 Å². The van der Waals surface area contributed by atoms with Gasteiger partial charge < -0.3 is 9.15 Å². The van der Waals surface area contributed by atoms with Crippen LogP contribution in [0.1, 0.15) is 11.6 Å². The first-order valence-corrected chi connectivity index (χ1v) is 7.17. The third kappa shape index (κ3) is 2.59. The molecule has 2 heterocycles. The highest BCUT2D eigenvalue weighted by Crippen LogP contribution is 2.28. The molecular formula is C14H13N3O3S. The fraction of sp³-hybridized carbons (Fsp3) is 0.214. The minimum atomic E-state index is -0.0375. The molecule has 0 atom stereocenters. The van der Waals surface area contributed by atoms with E-state index in [0.717, 1.165) is 22.6 Å². The minimum absolute atomic E-state index is 0.0375. The largest absolute Gasteiger partial charge is 0.496 e. The molecule has 0 spiro atoms.